The Kier molecular flexibility index (Phi) is 6.75. The van der Waals surface area contributed by atoms with Crippen molar-refractivity contribution in [2.24, 2.45) is 5.92 Å². The predicted molar refractivity (Wildman–Crippen MR) is 166 cm³/mol. The van der Waals surface area contributed by atoms with Crippen molar-refractivity contribution in [1.82, 2.24) is 24.7 Å². The maximum Gasteiger partial charge on any atom is 0.320 e. The Morgan fingerprint density at radius 1 is 1.22 bits per heavy atom. The minimum Gasteiger partial charge on any atom is -0.337 e. The Morgan fingerprint density at radius 3 is 2.76 bits per heavy atom. The molecule has 5 fully saturated rings. The first-order chi connectivity index (χ1) is 21.7. The highest BCUT2D eigenvalue weighted by Gasteiger charge is 2.51. The molecule has 2 aromatic heterocycles. The lowest BCUT2D eigenvalue weighted by molar-refractivity contribution is -0.114. The van der Waals surface area contributed by atoms with E-state index in [2.05, 4.69) is 20.9 Å². The van der Waals surface area contributed by atoms with Gasteiger partial charge in [0, 0.05) is 59.3 Å². The third-order valence-corrected chi connectivity index (χ3v) is 10.9. The molecule has 2 amide bonds. The van der Waals surface area contributed by atoms with Crippen molar-refractivity contribution in [1.29, 1.82) is 5.26 Å². The zero-order valence-corrected chi connectivity index (χ0v) is 25.7. The van der Waals surface area contributed by atoms with E-state index < -0.39 is 24.8 Å². The zero-order valence-electron chi connectivity index (χ0n) is 24.2. The number of nitriles is 1. The quantitative estimate of drug-likeness (QED) is 0.242. The number of nitrogens with zero attached hydrogens (tertiary/aromatic N) is 5. The topological polar surface area (TPSA) is 77.2 Å². The number of nitrogens with one attached hydrogen (secondary N) is 1. The average molecular weight is 654 g/mol. The van der Waals surface area contributed by atoms with Crippen LogP contribution >= 0.6 is 23.2 Å². The summed E-state index contributed by atoms with van der Waals surface area (Å²) in [4.78, 5) is 21.0. The third-order valence-electron chi connectivity index (χ3n) is 10.1. The number of rotatable bonds is 5. The van der Waals surface area contributed by atoms with E-state index in [1.165, 1.54) is 4.90 Å². The summed E-state index contributed by atoms with van der Waals surface area (Å²) in [5.41, 5.74) is 3.27. The highest BCUT2D eigenvalue weighted by Crippen LogP contribution is 2.50. The summed E-state index contributed by atoms with van der Waals surface area (Å²) in [6.07, 6.45) is 4.64. The van der Waals surface area contributed by atoms with E-state index in [0.717, 1.165) is 36.0 Å². The van der Waals surface area contributed by atoms with Gasteiger partial charge in [-0.05, 0) is 55.4 Å². The third kappa shape index (κ3) is 4.42. The summed E-state index contributed by atoms with van der Waals surface area (Å²) < 4.78 is 46.4. The Labute approximate surface area is 267 Å². The minimum absolute atomic E-state index is 0.0988. The largest absolute Gasteiger partial charge is 0.337 e. The Bertz CT molecular complexity index is 1920. The molecule has 5 aliphatic rings. The smallest absolute Gasteiger partial charge is 0.320 e. The van der Waals surface area contributed by atoms with E-state index in [1.54, 1.807) is 29.3 Å². The van der Waals surface area contributed by atoms with Crippen LogP contribution in [0.5, 0.6) is 0 Å². The molecule has 1 saturated carbocycles. The molecule has 7 nitrogen and oxygen atoms in total. The van der Waals surface area contributed by atoms with E-state index in [-0.39, 0.29) is 46.7 Å². The van der Waals surface area contributed by atoms with Crippen molar-refractivity contribution in [2.45, 2.75) is 56.2 Å². The van der Waals surface area contributed by atoms with Crippen LogP contribution < -0.4 is 5.32 Å². The average Bonchev–Trinajstić information content (AvgIpc) is 3.80. The Balaban J connectivity index is 1.33. The van der Waals surface area contributed by atoms with E-state index in [9.17, 15) is 18.8 Å². The number of aromatic nitrogens is 2. The van der Waals surface area contributed by atoms with E-state index in [1.807, 2.05) is 12.1 Å². The van der Waals surface area contributed by atoms with Crippen LogP contribution in [0.2, 0.25) is 10.0 Å². The van der Waals surface area contributed by atoms with Gasteiger partial charge >= 0.3 is 6.03 Å². The molecule has 1 unspecified atom stereocenters. The summed E-state index contributed by atoms with van der Waals surface area (Å²) >= 11 is 12.9. The van der Waals surface area contributed by atoms with Gasteiger partial charge in [-0.1, -0.05) is 35.3 Å². The van der Waals surface area contributed by atoms with Gasteiger partial charge in [-0.15, -0.1) is 0 Å². The molecule has 2 bridgehead atoms. The highest BCUT2D eigenvalue weighted by molar-refractivity contribution is 6.43. The fourth-order valence-corrected chi connectivity index (χ4v) is 8.40. The molecular weight excluding hydrogens is 624 g/mol. The molecule has 4 aliphatic heterocycles. The fraction of sp³-hybridized carbons (Fsp3) is 0.424. The standard InChI is InChI=1S/C33H29Cl2F3N6O/c34-22-6-1-5-20(27(22)35)26-17(4-2-8-39)10-21-29(28(26)36)41-14-19-12-25(44(30(19)21)31-18-11-23(31)40-13-18)24-7-3-9-43(24)32(45)42-15-33(37,38)16-42/h1,5-6,10,12,14,18,23-24,31,40H,2-4,7,9,11,13,15-16H2/t18-,23-,24?,31+/m1/s1. The van der Waals surface area contributed by atoms with Gasteiger partial charge in [-0.25, -0.2) is 18.0 Å². The molecule has 6 heterocycles. The van der Waals surface area contributed by atoms with Crippen LogP contribution in [0.1, 0.15) is 49.0 Å². The number of urea groups is 1. The number of hydrogen-bond donors (Lipinski definition) is 1. The van der Waals surface area contributed by atoms with Gasteiger partial charge in [-0.2, -0.15) is 5.26 Å². The van der Waals surface area contributed by atoms with Crippen LogP contribution in [0.3, 0.4) is 0 Å². The predicted octanol–water partition coefficient (Wildman–Crippen LogP) is 7.50. The van der Waals surface area contributed by atoms with Crippen LogP contribution in [-0.2, 0) is 6.42 Å². The number of alkyl halides is 2. The van der Waals surface area contributed by atoms with Crippen molar-refractivity contribution in [3.63, 3.8) is 0 Å². The van der Waals surface area contributed by atoms with Crippen LogP contribution in [0.4, 0.5) is 18.0 Å². The maximum absolute atomic E-state index is 16.8. The van der Waals surface area contributed by atoms with E-state index in [4.69, 9.17) is 23.2 Å². The molecule has 1 aliphatic carbocycles. The van der Waals surface area contributed by atoms with Gasteiger partial charge in [0.05, 0.1) is 46.8 Å². The summed E-state index contributed by atoms with van der Waals surface area (Å²) in [7, 11) is 0. The second-order valence-corrected chi connectivity index (χ2v) is 13.5. The van der Waals surface area contributed by atoms with Crippen molar-refractivity contribution < 1.29 is 18.0 Å². The summed E-state index contributed by atoms with van der Waals surface area (Å²) in [5, 5.41) is 15.0. The van der Waals surface area contributed by atoms with Gasteiger partial charge in [0.2, 0.25) is 0 Å². The summed E-state index contributed by atoms with van der Waals surface area (Å²) in [6.45, 7) is 0.228. The number of pyridine rings is 1. The maximum atomic E-state index is 16.8. The van der Waals surface area contributed by atoms with Crippen LogP contribution in [0, 0.1) is 23.1 Å². The first-order valence-corrected chi connectivity index (χ1v) is 16.1. The number of amides is 2. The molecule has 12 heteroatoms. The fourth-order valence-electron chi connectivity index (χ4n) is 8.01. The molecule has 4 atom stereocenters. The number of fused-ring (bicyclic) bond motifs is 4. The molecule has 9 rings (SSSR count). The number of carbonyl (C=O) groups excluding carboxylic acids is 1. The molecule has 4 aromatic rings. The first-order valence-electron chi connectivity index (χ1n) is 15.3. The van der Waals surface area contributed by atoms with Crippen molar-refractivity contribution in [3.8, 4) is 17.2 Å². The lowest BCUT2D eigenvalue weighted by Gasteiger charge is -2.43. The number of halogens is 5. The number of benzene rings is 2. The van der Waals surface area contributed by atoms with Crippen molar-refractivity contribution in [3.05, 3.63) is 63.6 Å². The number of carbonyl (C=O) groups is 1. The normalized spacial score (nSPS) is 25.1. The second kappa shape index (κ2) is 10.5. The van der Waals surface area contributed by atoms with Gasteiger partial charge in [0.15, 0.2) is 5.82 Å². The minimum atomic E-state index is -2.84. The number of aryl methyl sites for hydroxylation is 1. The first kappa shape index (κ1) is 28.9. The molecule has 2 aromatic carbocycles. The molecule has 45 heavy (non-hydrogen) atoms. The number of likely N-dealkylation sites (tertiary alicyclic amines) is 2. The molecule has 0 radical (unpaired) electrons. The Hall–Kier alpha value is -3.52. The Morgan fingerprint density at radius 2 is 2.04 bits per heavy atom. The SMILES string of the molecule is N#CCCc1cc2c(ncc3cc(C4CCCN4C(=O)N4CC(F)(F)C4)n([C@H]4[C@H]5CN[C@@H]4C5)c32)c(F)c1-c1cccc(Cl)c1Cl. The monoisotopic (exact) mass is 652 g/mol. The summed E-state index contributed by atoms with van der Waals surface area (Å²) in [6, 6.07) is 10.9. The van der Waals surface area contributed by atoms with Gasteiger partial charge in [0.25, 0.3) is 5.92 Å². The van der Waals surface area contributed by atoms with Gasteiger partial charge in [0.1, 0.15) is 5.52 Å². The second-order valence-electron chi connectivity index (χ2n) is 12.7. The highest BCUT2D eigenvalue weighted by atomic mass is 35.5. The lowest BCUT2D eigenvalue weighted by Crippen LogP contribution is -2.61. The van der Waals surface area contributed by atoms with Crippen LogP contribution in [-0.4, -0.2) is 63.5 Å². The molecule has 232 valence electrons. The van der Waals surface area contributed by atoms with E-state index >= 15 is 4.39 Å². The zero-order chi connectivity index (χ0) is 31.2. The van der Waals surface area contributed by atoms with Crippen molar-refractivity contribution >= 4 is 51.0 Å². The molecule has 4 saturated heterocycles. The van der Waals surface area contributed by atoms with Crippen LogP contribution in [0.15, 0.2) is 36.5 Å². The van der Waals surface area contributed by atoms with E-state index in [0.29, 0.717) is 46.8 Å². The summed E-state index contributed by atoms with van der Waals surface area (Å²) in [5.74, 6) is -3.01. The molecule has 1 N–H and O–H groups in total. The molecule has 0 spiro atoms. The van der Waals surface area contributed by atoms with Gasteiger partial charge < -0.3 is 19.7 Å². The number of hydrogen-bond acceptors (Lipinski definition) is 4. The van der Waals surface area contributed by atoms with Gasteiger partial charge in [-0.3, -0.25) is 4.98 Å². The lowest BCUT2D eigenvalue weighted by atomic mass is 9.79. The molecular formula is C33H29Cl2F3N6O. The van der Waals surface area contributed by atoms with Crippen LogP contribution in [0.25, 0.3) is 32.9 Å². The van der Waals surface area contributed by atoms with Crippen molar-refractivity contribution in [2.75, 3.05) is 26.2 Å².